The zero-order valence-electron chi connectivity index (χ0n) is 8.96. The number of esters is 1. The van der Waals surface area contributed by atoms with E-state index >= 15 is 0 Å². The fourth-order valence-corrected chi connectivity index (χ4v) is 1.74. The number of carbonyl (C=O) groups is 1. The predicted octanol–water partition coefficient (Wildman–Crippen LogP) is 1.81. The van der Waals surface area contributed by atoms with Crippen molar-refractivity contribution in [3.63, 3.8) is 0 Å². The average Bonchev–Trinajstić information content (AvgIpc) is 2.33. The molecule has 1 aromatic rings. The summed E-state index contributed by atoms with van der Waals surface area (Å²) < 4.78 is 5.32. The molecule has 0 aliphatic carbocycles. The monoisotopic (exact) mass is 220 g/mol. The fourth-order valence-electron chi connectivity index (χ4n) is 1.74. The molecule has 4 nitrogen and oxygen atoms in total. The molecule has 1 aliphatic rings. The Bertz CT molecular complexity index is 345. The molecule has 4 heteroatoms. The van der Waals surface area contributed by atoms with Crippen LogP contribution in [0.2, 0.25) is 0 Å². The quantitative estimate of drug-likeness (QED) is 0.713. The zero-order valence-corrected chi connectivity index (χ0v) is 8.96. The number of carbonyl (C=O) groups excluding carboxylic acids is 1. The van der Waals surface area contributed by atoms with Crippen molar-refractivity contribution < 1.29 is 9.53 Å². The van der Waals surface area contributed by atoms with Gasteiger partial charge in [0.15, 0.2) is 0 Å². The molecule has 1 aromatic carbocycles. The number of hydroxylamine groups is 2. The third-order valence-corrected chi connectivity index (χ3v) is 2.68. The van der Waals surface area contributed by atoms with Crippen molar-refractivity contribution in [2.45, 2.75) is 18.9 Å². The number of ether oxygens (including phenoxy) is 1. The molecular weight excluding hydrogens is 206 g/mol. The van der Waals surface area contributed by atoms with Crippen LogP contribution in [0.3, 0.4) is 0 Å². The molecule has 16 heavy (non-hydrogen) atoms. The molecule has 0 spiro atoms. The summed E-state index contributed by atoms with van der Waals surface area (Å²) in [6.07, 6.45) is 1.14. The number of nitrogens with zero attached hydrogens (tertiary/aromatic N) is 1. The zero-order chi connectivity index (χ0) is 11.4. The van der Waals surface area contributed by atoms with Crippen molar-refractivity contribution in [3.8, 4) is 0 Å². The second kappa shape index (κ2) is 5.09. The maximum atomic E-state index is 11.7. The Balaban J connectivity index is 1.88. The molecule has 2 rings (SSSR count). The summed E-state index contributed by atoms with van der Waals surface area (Å²) in [5.41, 5.74) is 0.562. The Kier molecular flexibility index (Phi) is 3.54. The summed E-state index contributed by atoms with van der Waals surface area (Å²) in [6, 6.07) is 8.91. The van der Waals surface area contributed by atoms with Crippen LogP contribution in [0.25, 0.3) is 0 Å². The van der Waals surface area contributed by atoms with E-state index in [9.17, 15) is 10.0 Å². The fraction of sp³-hybridized carbons (Fsp3) is 0.417. The number of hydrogen-bond acceptors (Lipinski definition) is 4. The van der Waals surface area contributed by atoms with Crippen LogP contribution in [0.15, 0.2) is 30.3 Å². The smallest absolute Gasteiger partial charge is 0.338 e. The van der Waals surface area contributed by atoms with Gasteiger partial charge in [0.2, 0.25) is 0 Å². The van der Waals surface area contributed by atoms with E-state index in [4.69, 9.17) is 4.74 Å². The lowest BCUT2D eigenvalue weighted by Crippen LogP contribution is -2.34. The maximum Gasteiger partial charge on any atom is 0.338 e. The molecule has 1 saturated heterocycles. The Morgan fingerprint density at radius 3 is 2.50 bits per heavy atom. The highest BCUT2D eigenvalue weighted by Crippen LogP contribution is 2.14. The molecule has 0 unspecified atom stereocenters. The summed E-state index contributed by atoms with van der Waals surface area (Å²) in [4.78, 5) is 11.7. The van der Waals surface area contributed by atoms with Gasteiger partial charge >= 0.3 is 5.97 Å². The van der Waals surface area contributed by atoms with E-state index in [0.717, 1.165) is 5.06 Å². The number of benzene rings is 1. The normalized spacial score (nSPS) is 18.3. The summed E-state index contributed by atoms with van der Waals surface area (Å²) in [5.74, 6) is -0.301. The van der Waals surface area contributed by atoms with E-state index in [2.05, 4.69) is 0 Å². The lowest BCUT2D eigenvalue weighted by molar-refractivity contribution is 0.0157. The Morgan fingerprint density at radius 1 is 1.25 bits per heavy atom. The van der Waals surface area contributed by atoms with Crippen molar-refractivity contribution in [2.24, 2.45) is 0 Å². The lowest BCUT2D eigenvalue weighted by Gasteiger charge is -2.35. The van der Waals surface area contributed by atoms with Gasteiger partial charge in [0, 0.05) is 0 Å². The number of hydrogen-bond donors (Lipinski definition) is 0. The standard InChI is InChI=1S/C12H14NO3/c14-12(10-4-2-1-3-5-10)16-11-6-8-13(15)9-7-11/h1-5,11H,6-9H2/q-1. The predicted molar refractivity (Wildman–Crippen MR) is 59.8 cm³/mol. The molecule has 0 radical (unpaired) electrons. The maximum absolute atomic E-state index is 11.7. The number of rotatable bonds is 2. The molecule has 0 N–H and O–H groups in total. The van der Waals surface area contributed by atoms with Crippen LogP contribution in [0.5, 0.6) is 0 Å². The van der Waals surface area contributed by atoms with Gasteiger partial charge in [0.1, 0.15) is 6.10 Å². The highest BCUT2D eigenvalue weighted by atomic mass is 16.5. The van der Waals surface area contributed by atoms with E-state index in [0.29, 0.717) is 31.5 Å². The van der Waals surface area contributed by atoms with Gasteiger partial charge in [-0.2, -0.15) is 0 Å². The molecule has 0 atom stereocenters. The summed E-state index contributed by atoms with van der Waals surface area (Å²) in [5, 5.41) is 11.9. The van der Waals surface area contributed by atoms with Crippen molar-refractivity contribution in [3.05, 3.63) is 41.1 Å². The van der Waals surface area contributed by atoms with Gasteiger partial charge in [-0.1, -0.05) is 18.2 Å². The van der Waals surface area contributed by atoms with E-state index in [1.54, 1.807) is 24.3 Å². The molecule has 0 aromatic heterocycles. The summed E-state index contributed by atoms with van der Waals surface area (Å²) in [7, 11) is 0. The first-order chi connectivity index (χ1) is 7.75. The molecule has 0 saturated carbocycles. The van der Waals surface area contributed by atoms with Crippen molar-refractivity contribution in [1.82, 2.24) is 5.06 Å². The Labute approximate surface area is 94.4 Å². The molecule has 1 fully saturated rings. The van der Waals surface area contributed by atoms with Crippen LogP contribution in [0.1, 0.15) is 23.2 Å². The molecule has 0 amide bonds. The van der Waals surface area contributed by atoms with E-state index in [1.807, 2.05) is 6.07 Å². The molecule has 0 bridgehead atoms. The van der Waals surface area contributed by atoms with Gasteiger partial charge < -0.3 is 15.0 Å². The van der Waals surface area contributed by atoms with Crippen molar-refractivity contribution in [2.75, 3.05) is 13.1 Å². The van der Waals surface area contributed by atoms with Gasteiger partial charge in [-0.25, -0.2) is 4.79 Å². The molecule has 86 valence electrons. The van der Waals surface area contributed by atoms with Crippen LogP contribution in [-0.4, -0.2) is 30.2 Å². The van der Waals surface area contributed by atoms with Gasteiger partial charge in [0.05, 0.1) is 5.56 Å². The first kappa shape index (κ1) is 11.1. The van der Waals surface area contributed by atoms with Crippen LogP contribution >= 0.6 is 0 Å². The molecule has 1 heterocycles. The largest absolute Gasteiger partial charge is 0.785 e. The van der Waals surface area contributed by atoms with E-state index < -0.39 is 0 Å². The minimum absolute atomic E-state index is 0.113. The highest BCUT2D eigenvalue weighted by molar-refractivity contribution is 5.89. The SMILES string of the molecule is O=C(OC1CCN([O-])CC1)c1ccccc1. The first-order valence-corrected chi connectivity index (χ1v) is 5.44. The first-order valence-electron chi connectivity index (χ1n) is 5.44. The summed E-state index contributed by atoms with van der Waals surface area (Å²) >= 11 is 0. The second-order valence-electron chi connectivity index (χ2n) is 3.90. The minimum atomic E-state index is -0.301. The van der Waals surface area contributed by atoms with E-state index in [-0.39, 0.29) is 12.1 Å². The third-order valence-electron chi connectivity index (χ3n) is 2.68. The van der Waals surface area contributed by atoms with Gasteiger partial charge in [-0.3, -0.25) is 0 Å². The third kappa shape index (κ3) is 2.81. The van der Waals surface area contributed by atoms with Crippen LogP contribution < -0.4 is 0 Å². The van der Waals surface area contributed by atoms with Crippen molar-refractivity contribution in [1.29, 1.82) is 0 Å². The minimum Gasteiger partial charge on any atom is -0.785 e. The highest BCUT2D eigenvalue weighted by Gasteiger charge is 2.19. The van der Waals surface area contributed by atoms with Gasteiger partial charge in [-0.15, -0.1) is 0 Å². The van der Waals surface area contributed by atoms with Gasteiger partial charge in [-0.05, 0) is 38.1 Å². The average molecular weight is 220 g/mol. The summed E-state index contributed by atoms with van der Waals surface area (Å²) in [6.45, 7) is 0.902. The van der Waals surface area contributed by atoms with Crippen LogP contribution in [0.4, 0.5) is 0 Å². The topological polar surface area (TPSA) is 52.6 Å². The Hall–Kier alpha value is -1.39. The molecule has 1 aliphatic heterocycles. The van der Waals surface area contributed by atoms with Gasteiger partial charge in [0.25, 0.3) is 0 Å². The second-order valence-corrected chi connectivity index (χ2v) is 3.90. The molecular formula is C12H14NO3-. The number of piperidine rings is 1. The van der Waals surface area contributed by atoms with Crippen LogP contribution in [0, 0.1) is 5.21 Å². The van der Waals surface area contributed by atoms with Crippen molar-refractivity contribution >= 4 is 5.97 Å². The van der Waals surface area contributed by atoms with E-state index in [1.165, 1.54) is 0 Å². The Morgan fingerprint density at radius 2 is 1.88 bits per heavy atom. The lowest BCUT2D eigenvalue weighted by atomic mass is 10.1. The van der Waals surface area contributed by atoms with Crippen LogP contribution in [-0.2, 0) is 4.74 Å².